The minimum absolute atomic E-state index is 0.138. The number of aromatic nitrogens is 4. The lowest BCUT2D eigenvalue weighted by atomic mass is 9.88. The fourth-order valence-corrected chi connectivity index (χ4v) is 1.01. The van der Waals surface area contributed by atoms with E-state index in [-0.39, 0.29) is 11.5 Å². The Morgan fingerprint density at radius 3 is 2.54 bits per heavy atom. The van der Waals surface area contributed by atoms with Crippen molar-refractivity contribution in [3.63, 3.8) is 0 Å². The van der Waals surface area contributed by atoms with Crippen molar-refractivity contribution >= 4 is 0 Å². The molecule has 1 atom stereocenters. The van der Waals surface area contributed by atoms with Gasteiger partial charge in [-0.15, -0.1) is 5.10 Å². The molecule has 1 aromatic heterocycles. The van der Waals surface area contributed by atoms with E-state index in [1.54, 1.807) is 4.68 Å². The van der Waals surface area contributed by atoms with E-state index in [0.29, 0.717) is 6.54 Å². The molecule has 0 fully saturated rings. The minimum atomic E-state index is 0.138. The highest BCUT2D eigenvalue weighted by Crippen LogP contribution is 2.29. The standard InChI is InChI=1S/C8H17N5/c1-6(8(2,3)4)13-7(5-9)10-11-12-13/h6H,5,9H2,1-4H3. The summed E-state index contributed by atoms with van der Waals surface area (Å²) >= 11 is 0. The van der Waals surface area contributed by atoms with E-state index in [0.717, 1.165) is 5.82 Å². The Labute approximate surface area is 78.3 Å². The first kappa shape index (κ1) is 10.1. The lowest BCUT2D eigenvalue weighted by Crippen LogP contribution is -2.25. The van der Waals surface area contributed by atoms with Crippen LogP contribution in [0.1, 0.15) is 39.6 Å². The summed E-state index contributed by atoms with van der Waals surface area (Å²) in [6, 6.07) is 0.251. The van der Waals surface area contributed by atoms with Crippen molar-refractivity contribution in [1.29, 1.82) is 0 Å². The quantitative estimate of drug-likeness (QED) is 0.734. The summed E-state index contributed by atoms with van der Waals surface area (Å²) in [5.74, 6) is 0.738. The second kappa shape index (κ2) is 3.41. The van der Waals surface area contributed by atoms with Gasteiger partial charge in [0.1, 0.15) is 0 Å². The molecule has 5 heteroatoms. The van der Waals surface area contributed by atoms with Crippen LogP contribution >= 0.6 is 0 Å². The van der Waals surface area contributed by atoms with Gasteiger partial charge in [-0.05, 0) is 22.8 Å². The van der Waals surface area contributed by atoms with Crippen molar-refractivity contribution in [1.82, 2.24) is 20.2 Å². The van der Waals surface area contributed by atoms with Gasteiger partial charge in [-0.3, -0.25) is 0 Å². The molecular formula is C8H17N5. The van der Waals surface area contributed by atoms with Crippen LogP contribution in [0.15, 0.2) is 0 Å². The third-order valence-electron chi connectivity index (χ3n) is 2.36. The normalized spacial score (nSPS) is 14.5. The van der Waals surface area contributed by atoms with Gasteiger partial charge in [-0.2, -0.15) is 0 Å². The van der Waals surface area contributed by atoms with Crippen LogP contribution in [0, 0.1) is 5.41 Å². The second-order valence-corrected chi connectivity index (χ2v) is 4.29. The monoisotopic (exact) mass is 183 g/mol. The van der Waals surface area contributed by atoms with Crippen molar-refractivity contribution in [3.05, 3.63) is 5.82 Å². The molecule has 0 saturated heterocycles. The summed E-state index contributed by atoms with van der Waals surface area (Å²) in [7, 11) is 0. The first-order valence-electron chi connectivity index (χ1n) is 4.43. The third-order valence-corrected chi connectivity index (χ3v) is 2.36. The van der Waals surface area contributed by atoms with Crippen LogP contribution in [0.25, 0.3) is 0 Å². The van der Waals surface area contributed by atoms with Gasteiger partial charge in [0, 0.05) is 0 Å². The Hall–Kier alpha value is -0.970. The Bertz CT molecular complexity index is 272. The second-order valence-electron chi connectivity index (χ2n) is 4.29. The molecule has 0 bridgehead atoms. The van der Waals surface area contributed by atoms with Gasteiger partial charge in [-0.25, -0.2) is 4.68 Å². The SMILES string of the molecule is CC(n1nnnc1CN)C(C)(C)C. The molecule has 13 heavy (non-hydrogen) atoms. The largest absolute Gasteiger partial charge is 0.324 e. The maximum Gasteiger partial charge on any atom is 0.165 e. The van der Waals surface area contributed by atoms with Crippen molar-refractivity contribution < 1.29 is 0 Å². The predicted octanol–water partition coefficient (Wildman–Crippen LogP) is 0.739. The van der Waals surface area contributed by atoms with Gasteiger partial charge in [0.05, 0.1) is 12.6 Å². The molecule has 5 nitrogen and oxygen atoms in total. The summed E-state index contributed by atoms with van der Waals surface area (Å²) < 4.78 is 1.79. The van der Waals surface area contributed by atoms with Crippen LogP contribution in [0.5, 0.6) is 0 Å². The Morgan fingerprint density at radius 1 is 1.46 bits per heavy atom. The average molecular weight is 183 g/mol. The summed E-state index contributed by atoms with van der Waals surface area (Å²) in [4.78, 5) is 0. The molecule has 2 N–H and O–H groups in total. The van der Waals surface area contributed by atoms with Crippen LogP contribution in [0.3, 0.4) is 0 Å². The minimum Gasteiger partial charge on any atom is -0.324 e. The number of nitrogens with two attached hydrogens (primary N) is 1. The molecule has 0 radical (unpaired) electrons. The lowest BCUT2D eigenvalue weighted by molar-refractivity contribution is 0.236. The lowest BCUT2D eigenvalue weighted by Gasteiger charge is -2.27. The van der Waals surface area contributed by atoms with E-state index in [1.807, 2.05) is 0 Å². The van der Waals surface area contributed by atoms with Gasteiger partial charge in [0.2, 0.25) is 0 Å². The molecule has 0 aliphatic heterocycles. The first-order chi connectivity index (χ1) is 5.96. The summed E-state index contributed by atoms with van der Waals surface area (Å²) in [6.45, 7) is 8.93. The molecule has 0 aliphatic carbocycles. The molecule has 1 unspecified atom stereocenters. The molecule has 0 spiro atoms. The first-order valence-corrected chi connectivity index (χ1v) is 4.43. The fraction of sp³-hybridized carbons (Fsp3) is 0.875. The number of hydrogen-bond donors (Lipinski definition) is 1. The molecule has 1 rings (SSSR count). The molecule has 0 saturated carbocycles. The van der Waals surface area contributed by atoms with Gasteiger partial charge in [0.25, 0.3) is 0 Å². The maximum atomic E-state index is 5.51. The molecule has 74 valence electrons. The van der Waals surface area contributed by atoms with Crippen molar-refractivity contribution in [2.45, 2.75) is 40.3 Å². The maximum absolute atomic E-state index is 5.51. The number of hydrogen-bond acceptors (Lipinski definition) is 4. The van der Waals surface area contributed by atoms with E-state index in [4.69, 9.17) is 5.73 Å². The van der Waals surface area contributed by atoms with Crippen LogP contribution < -0.4 is 5.73 Å². The zero-order valence-corrected chi connectivity index (χ0v) is 8.65. The van der Waals surface area contributed by atoms with Crippen molar-refractivity contribution in [3.8, 4) is 0 Å². The van der Waals surface area contributed by atoms with Crippen LogP contribution in [-0.2, 0) is 6.54 Å². The van der Waals surface area contributed by atoms with Gasteiger partial charge in [0.15, 0.2) is 5.82 Å². The van der Waals surface area contributed by atoms with E-state index in [2.05, 4.69) is 43.2 Å². The van der Waals surface area contributed by atoms with Crippen LogP contribution in [-0.4, -0.2) is 20.2 Å². The topological polar surface area (TPSA) is 69.6 Å². The molecule has 0 amide bonds. The summed E-state index contributed by atoms with van der Waals surface area (Å²) in [6.07, 6.45) is 0. The molecular weight excluding hydrogens is 166 g/mol. The summed E-state index contributed by atoms with van der Waals surface area (Å²) in [5, 5.41) is 11.4. The smallest absolute Gasteiger partial charge is 0.165 e. The molecule has 1 aromatic rings. The van der Waals surface area contributed by atoms with Gasteiger partial charge < -0.3 is 5.73 Å². The van der Waals surface area contributed by atoms with Crippen molar-refractivity contribution in [2.75, 3.05) is 0 Å². The molecule has 0 aromatic carbocycles. The molecule has 1 heterocycles. The zero-order chi connectivity index (χ0) is 10.1. The van der Waals surface area contributed by atoms with Gasteiger partial charge >= 0.3 is 0 Å². The van der Waals surface area contributed by atoms with Crippen LogP contribution in [0.2, 0.25) is 0 Å². The number of tetrazole rings is 1. The van der Waals surface area contributed by atoms with E-state index < -0.39 is 0 Å². The predicted molar refractivity (Wildman–Crippen MR) is 49.9 cm³/mol. The van der Waals surface area contributed by atoms with E-state index >= 15 is 0 Å². The van der Waals surface area contributed by atoms with Crippen LogP contribution in [0.4, 0.5) is 0 Å². The summed E-state index contributed by atoms with van der Waals surface area (Å²) in [5.41, 5.74) is 5.65. The zero-order valence-electron chi connectivity index (χ0n) is 8.65. The average Bonchev–Trinajstić information content (AvgIpc) is 2.48. The highest BCUT2D eigenvalue weighted by Gasteiger charge is 2.24. The number of rotatable bonds is 2. The van der Waals surface area contributed by atoms with E-state index in [1.165, 1.54) is 0 Å². The van der Waals surface area contributed by atoms with Crippen molar-refractivity contribution in [2.24, 2.45) is 11.1 Å². The highest BCUT2D eigenvalue weighted by molar-refractivity contribution is 4.85. The van der Waals surface area contributed by atoms with E-state index in [9.17, 15) is 0 Å². The Morgan fingerprint density at radius 2 is 2.08 bits per heavy atom. The Balaban J connectivity index is 2.94. The van der Waals surface area contributed by atoms with Gasteiger partial charge in [-0.1, -0.05) is 20.8 Å². The third kappa shape index (κ3) is 2.03. The Kier molecular flexibility index (Phi) is 2.66. The molecule has 0 aliphatic rings. The fourth-order valence-electron chi connectivity index (χ4n) is 1.01. The highest BCUT2D eigenvalue weighted by atomic mass is 15.6. The number of nitrogens with zero attached hydrogens (tertiary/aromatic N) is 4.